The van der Waals surface area contributed by atoms with E-state index in [1.807, 2.05) is 7.11 Å². The number of fused-ring (bicyclic) bond motifs is 7. The summed E-state index contributed by atoms with van der Waals surface area (Å²) < 4.78 is 6.43. The first-order chi connectivity index (χ1) is 15.1. The summed E-state index contributed by atoms with van der Waals surface area (Å²) in [5.41, 5.74) is 3.04. The molecule has 0 aliphatic heterocycles. The van der Waals surface area contributed by atoms with Crippen LogP contribution in [-0.2, 0) is 9.53 Å². The minimum atomic E-state index is -0.212. The zero-order chi connectivity index (χ0) is 24.2. The summed E-state index contributed by atoms with van der Waals surface area (Å²) in [6.07, 6.45) is 13.7. The summed E-state index contributed by atoms with van der Waals surface area (Å²) in [6.45, 7) is 19.9. The van der Waals surface area contributed by atoms with E-state index in [1.165, 1.54) is 44.9 Å². The molecule has 0 bridgehead atoms. The maximum absolute atomic E-state index is 13.0. The Kier molecular flexibility index (Phi) is 5.10. The maximum Gasteiger partial charge on any atom is 0.138 e. The largest absolute Gasteiger partial charge is 0.377 e. The van der Waals surface area contributed by atoms with E-state index in [1.54, 1.807) is 5.57 Å². The van der Waals surface area contributed by atoms with Crippen LogP contribution >= 0.6 is 0 Å². The summed E-state index contributed by atoms with van der Waals surface area (Å²) in [5, 5.41) is 0. The second-order valence-electron chi connectivity index (χ2n) is 15.4. The highest BCUT2D eigenvalue weighted by atomic mass is 16.5. The second kappa shape index (κ2) is 6.98. The molecule has 5 aliphatic carbocycles. The monoisotopic (exact) mass is 454 g/mol. The Bertz CT molecular complexity index is 881. The van der Waals surface area contributed by atoms with Gasteiger partial charge in [0.25, 0.3) is 0 Å². The third kappa shape index (κ3) is 2.98. The van der Waals surface area contributed by atoms with Crippen molar-refractivity contribution >= 4 is 5.78 Å². The smallest absolute Gasteiger partial charge is 0.138 e. The SMILES string of the molecule is CO[C@@H]1C=C2[C@H]3CC(C)(C)CC[C@]3(C)CC[C@@]2(C)[C@]2(C)CC[C@H]3C(C)(C)C(=O)CC[C@]3(C)[C@@H]12. The molecule has 0 aromatic rings. The molecule has 4 fully saturated rings. The van der Waals surface area contributed by atoms with Crippen molar-refractivity contribution in [2.45, 2.75) is 119 Å². The molecule has 2 heteroatoms. The number of hydrogen-bond donors (Lipinski definition) is 0. The molecule has 0 saturated heterocycles. The molecular weight excluding hydrogens is 404 g/mol. The number of rotatable bonds is 1. The molecule has 0 N–H and O–H groups in total. The molecule has 5 rings (SSSR count). The molecule has 0 amide bonds. The van der Waals surface area contributed by atoms with Crippen molar-refractivity contribution in [3.63, 3.8) is 0 Å². The molecule has 0 aromatic carbocycles. The van der Waals surface area contributed by atoms with Gasteiger partial charge in [0.05, 0.1) is 6.10 Å². The molecule has 0 spiro atoms. The number of methoxy groups -OCH3 is 1. The summed E-state index contributed by atoms with van der Waals surface area (Å²) in [4.78, 5) is 13.0. The number of allylic oxidation sites excluding steroid dienone is 1. The first-order valence-corrected chi connectivity index (χ1v) is 13.9. The lowest BCUT2D eigenvalue weighted by atomic mass is 9.33. The van der Waals surface area contributed by atoms with Crippen LogP contribution in [0.1, 0.15) is 113 Å². The van der Waals surface area contributed by atoms with Crippen LogP contribution in [0, 0.1) is 50.2 Å². The predicted molar refractivity (Wildman–Crippen MR) is 136 cm³/mol. The third-order valence-electron chi connectivity index (χ3n) is 13.0. The van der Waals surface area contributed by atoms with Crippen molar-refractivity contribution in [2.24, 2.45) is 50.2 Å². The van der Waals surface area contributed by atoms with Gasteiger partial charge in [0.15, 0.2) is 0 Å². The summed E-state index contributed by atoms with van der Waals surface area (Å²) in [5.74, 6) is 2.11. The zero-order valence-electron chi connectivity index (χ0n) is 23.1. The van der Waals surface area contributed by atoms with Crippen molar-refractivity contribution in [3.8, 4) is 0 Å². The van der Waals surface area contributed by atoms with E-state index in [-0.39, 0.29) is 27.8 Å². The van der Waals surface area contributed by atoms with Gasteiger partial charge >= 0.3 is 0 Å². The highest BCUT2D eigenvalue weighted by Gasteiger charge is 2.69. The van der Waals surface area contributed by atoms with Crippen LogP contribution < -0.4 is 0 Å². The number of ether oxygens (including phenoxy) is 1. The zero-order valence-corrected chi connectivity index (χ0v) is 23.1. The Hall–Kier alpha value is -0.630. The molecule has 0 heterocycles. The molecule has 186 valence electrons. The van der Waals surface area contributed by atoms with Gasteiger partial charge in [0, 0.05) is 24.9 Å². The van der Waals surface area contributed by atoms with E-state index in [2.05, 4.69) is 61.5 Å². The number of hydrogen-bond acceptors (Lipinski definition) is 2. The van der Waals surface area contributed by atoms with Gasteiger partial charge in [-0.2, -0.15) is 0 Å². The minimum absolute atomic E-state index is 0.155. The van der Waals surface area contributed by atoms with Crippen LogP contribution in [0.2, 0.25) is 0 Å². The Morgan fingerprint density at radius 3 is 2.21 bits per heavy atom. The first-order valence-electron chi connectivity index (χ1n) is 13.9. The molecule has 4 saturated carbocycles. The molecule has 0 aromatic heterocycles. The van der Waals surface area contributed by atoms with E-state index in [0.29, 0.717) is 34.4 Å². The van der Waals surface area contributed by atoms with Gasteiger partial charge in [-0.15, -0.1) is 0 Å². The Labute approximate surface area is 203 Å². The summed E-state index contributed by atoms with van der Waals surface area (Å²) in [7, 11) is 1.95. The highest BCUT2D eigenvalue weighted by molar-refractivity contribution is 5.85. The van der Waals surface area contributed by atoms with E-state index in [4.69, 9.17) is 4.74 Å². The van der Waals surface area contributed by atoms with Crippen molar-refractivity contribution in [2.75, 3.05) is 7.11 Å². The maximum atomic E-state index is 13.0. The second-order valence-corrected chi connectivity index (χ2v) is 15.4. The van der Waals surface area contributed by atoms with Gasteiger partial charge in [0.2, 0.25) is 0 Å². The van der Waals surface area contributed by atoms with Crippen molar-refractivity contribution in [3.05, 3.63) is 11.6 Å². The van der Waals surface area contributed by atoms with E-state index < -0.39 is 0 Å². The number of ketones is 1. The van der Waals surface area contributed by atoms with Gasteiger partial charge in [-0.25, -0.2) is 0 Å². The van der Waals surface area contributed by atoms with Crippen LogP contribution in [0.15, 0.2) is 11.6 Å². The van der Waals surface area contributed by atoms with Gasteiger partial charge in [-0.1, -0.05) is 67.0 Å². The molecule has 0 radical (unpaired) electrons. The summed E-state index contributed by atoms with van der Waals surface area (Å²) >= 11 is 0. The Morgan fingerprint density at radius 2 is 1.55 bits per heavy atom. The molecule has 8 atom stereocenters. The van der Waals surface area contributed by atoms with Gasteiger partial charge in [-0.3, -0.25) is 4.79 Å². The minimum Gasteiger partial charge on any atom is -0.377 e. The lowest BCUT2D eigenvalue weighted by molar-refractivity contribution is -0.209. The quantitative estimate of drug-likeness (QED) is 0.375. The Morgan fingerprint density at radius 1 is 0.879 bits per heavy atom. The van der Waals surface area contributed by atoms with Crippen LogP contribution in [0.4, 0.5) is 0 Å². The van der Waals surface area contributed by atoms with E-state index in [0.717, 1.165) is 12.8 Å². The fourth-order valence-corrected chi connectivity index (χ4v) is 10.6. The third-order valence-corrected chi connectivity index (χ3v) is 13.0. The standard InChI is InChI=1S/C31H50O2/c1-26(2)14-15-28(5)16-17-30(7)20(21(28)19-26)18-22(33-9)25-29(6)12-11-24(32)27(3,4)23(29)10-13-31(25,30)8/h18,21-23,25H,10-17,19H2,1-9H3/t21-,22-,23+,25-,28-,29+,30-,31-/m1/s1. The number of carbonyl (C=O) groups is 1. The number of Topliss-reactive ketones (excluding diaryl/α,β-unsaturated/α-hetero) is 1. The van der Waals surface area contributed by atoms with Crippen LogP contribution in [0.5, 0.6) is 0 Å². The highest BCUT2D eigenvalue weighted by Crippen LogP contribution is 2.75. The molecule has 5 aliphatic rings. The summed E-state index contributed by atoms with van der Waals surface area (Å²) in [6, 6.07) is 0. The average Bonchev–Trinajstić information content (AvgIpc) is 2.72. The fourth-order valence-electron chi connectivity index (χ4n) is 10.6. The average molecular weight is 455 g/mol. The Balaban J connectivity index is 1.65. The first kappa shape index (κ1) is 24.1. The van der Waals surface area contributed by atoms with E-state index in [9.17, 15) is 4.79 Å². The van der Waals surface area contributed by atoms with Crippen LogP contribution in [0.25, 0.3) is 0 Å². The van der Waals surface area contributed by atoms with Crippen molar-refractivity contribution in [1.29, 1.82) is 0 Å². The van der Waals surface area contributed by atoms with Gasteiger partial charge in [-0.05, 0) is 90.3 Å². The predicted octanol–water partition coefficient (Wildman–Crippen LogP) is 8.00. The molecule has 33 heavy (non-hydrogen) atoms. The molecule has 2 nitrogen and oxygen atoms in total. The van der Waals surface area contributed by atoms with Gasteiger partial charge in [0.1, 0.15) is 5.78 Å². The number of carbonyl (C=O) groups excluding carboxylic acids is 1. The fraction of sp³-hybridized carbons (Fsp3) is 0.903. The lowest BCUT2D eigenvalue weighted by Gasteiger charge is -2.71. The van der Waals surface area contributed by atoms with Gasteiger partial charge < -0.3 is 4.74 Å². The lowest BCUT2D eigenvalue weighted by Crippen LogP contribution is -2.67. The van der Waals surface area contributed by atoms with E-state index >= 15 is 0 Å². The van der Waals surface area contributed by atoms with Crippen molar-refractivity contribution in [1.82, 2.24) is 0 Å². The normalized spacial score (nSPS) is 52.6. The topological polar surface area (TPSA) is 26.3 Å². The van der Waals surface area contributed by atoms with Crippen LogP contribution in [0.3, 0.4) is 0 Å². The van der Waals surface area contributed by atoms with Crippen LogP contribution in [-0.4, -0.2) is 19.0 Å². The molecular formula is C31H50O2. The van der Waals surface area contributed by atoms with Crippen molar-refractivity contribution < 1.29 is 9.53 Å². The molecule has 0 unspecified atom stereocenters.